The van der Waals surface area contributed by atoms with E-state index < -0.39 is 4.92 Å². The van der Waals surface area contributed by atoms with Gasteiger partial charge in [-0.3, -0.25) is 14.9 Å². The van der Waals surface area contributed by atoms with Gasteiger partial charge in [0.2, 0.25) is 0 Å². The highest BCUT2D eigenvalue weighted by Crippen LogP contribution is 2.13. The van der Waals surface area contributed by atoms with Crippen LogP contribution in [-0.4, -0.2) is 10.7 Å². The summed E-state index contributed by atoms with van der Waals surface area (Å²) in [6.07, 6.45) is 3.18. The van der Waals surface area contributed by atoms with E-state index in [0.717, 1.165) is 5.56 Å². The molecule has 0 unspecified atom stereocenters. The van der Waals surface area contributed by atoms with Crippen LogP contribution < -0.4 is 0 Å². The second kappa shape index (κ2) is 5.37. The molecule has 18 heavy (non-hydrogen) atoms. The zero-order chi connectivity index (χ0) is 13.0. The monoisotopic (exact) mass is 259 g/mol. The lowest BCUT2D eigenvalue weighted by Gasteiger charge is -1.95. The number of rotatable bonds is 4. The fraction of sp³-hybridized carbons (Fsp3) is 0. The molecule has 0 amide bonds. The topological polar surface area (TPSA) is 60.2 Å². The lowest BCUT2D eigenvalue weighted by molar-refractivity contribution is -0.384. The maximum atomic E-state index is 11.8. The molecule has 2 aromatic rings. The van der Waals surface area contributed by atoms with Crippen LogP contribution in [0.25, 0.3) is 6.08 Å². The summed E-state index contributed by atoms with van der Waals surface area (Å²) in [5.74, 6) is -0.170. The molecule has 0 saturated heterocycles. The average Bonchev–Trinajstić information content (AvgIpc) is 2.89. The summed E-state index contributed by atoms with van der Waals surface area (Å²) in [4.78, 5) is 21.7. The van der Waals surface area contributed by atoms with Crippen molar-refractivity contribution in [2.24, 2.45) is 0 Å². The molecule has 0 spiro atoms. The Bertz CT molecular complexity index is 585. The number of allylic oxidation sites excluding steroid dienone is 1. The molecule has 0 aliphatic rings. The Hall–Kier alpha value is -2.27. The van der Waals surface area contributed by atoms with Crippen molar-refractivity contribution in [1.29, 1.82) is 0 Å². The zero-order valence-electron chi connectivity index (χ0n) is 9.28. The Morgan fingerprint density at radius 2 is 1.94 bits per heavy atom. The standard InChI is InChI=1S/C13H9NO3S/c15-13(6-1-10-7-8-18-9-10)11-2-4-12(5-3-11)14(16)17/h1-9H/b6-1-. The minimum atomic E-state index is -0.491. The Labute approximate surface area is 107 Å². The second-order valence-corrected chi connectivity index (χ2v) is 4.34. The molecule has 0 atom stereocenters. The largest absolute Gasteiger partial charge is 0.289 e. The third-order valence-electron chi connectivity index (χ3n) is 2.33. The third kappa shape index (κ3) is 2.89. The van der Waals surface area contributed by atoms with Gasteiger partial charge in [0.15, 0.2) is 5.78 Å². The summed E-state index contributed by atoms with van der Waals surface area (Å²) in [5.41, 5.74) is 1.38. The van der Waals surface area contributed by atoms with Crippen molar-refractivity contribution in [2.75, 3.05) is 0 Å². The molecule has 0 aliphatic heterocycles. The van der Waals surface area contributed by atoms with Crippen molar-refractivity contribution >= 4 is 28.9 Å². The van der Waals surface area contributed by atoms with E-state index in [1.165, 1.54) is 30.3 Å². The van der Waals surface area contributed by atoms with Crippen LogP contribution in [0.3, 0.4) is 0 Å². The van der Waals surface area contributed by atoms with Crippen LogP contribution in [0.15, 0.2) is 47.2 Å². The molecule has 90 valence electrons. The number of carbonyl (C=O) groups is 1. The van der Waals surface area contributed by atoms with E-state index >= 15 is 0 Å². The Morgan fingerprint density at radius 1 is 1.22 bits per heavy atom. The van der Waals surface area contributed by atoms with Crippen LogP contribution in [0, 0.1) is 10.1 Å². The van der Waals surface area contributed by atoms with Gasteiger partial charge in [-0.15, -0.1) is 0 Å². The minimum absolute atomic E-state index is 0.0200. The maximum Gasteiger partial charge on any atom is 0.269 e. The van der Waals surface area contributed by atoms with Crippen molar-refractivity contribution in [3.63, 3.8) is 0 Å². The van der Waals surface area contributed by atoms with E-state index in [1.807, 2.05) is 16.8 Å². The van der Waals surface area contributed by atoms with Crippen molar-refractivity contribution < 1.29 is 9.72 Å². The number of carbonyl (C=O) groups excluding carboxylic acids is 1. The molecule has 0 aliphatic carbocycles. The molecule has 0 saturated carbocycles. The van der Waals surface area contributed by atoms with Crippen molar-refractivity contribution in [3.05, 3.63) is 68.4 Å². The van der Waals surface area contributed by atoms with Crippen molar-refractivity contribution in [3.8, 4) is 0 Å². The Kier molecular flexibility index (Phi) is 3.64. The van der Waals surface area contributed by atoms with Crippen LogP contribution in [0.5, 0.6) is 0 Å². The second-order valence-electron chi connectivity index (χ2n) is 3.56. The number of benzene rings is 1. The van der Waals surface area contributed by atoms with E-state index in [9.17, 15) is 14.9 Å². The van der Waals surface area contributed by atoms with E-state index in [4.69, 9.17) is 0 Å². The summed E-state index contributed by atoms with van der Waals surface area (Å²) >= 11 is 1.55. The van der Waals surface area contributed by atoms with Gasteiger partial charge in [0.05, 0.1) is 4.92 Å². The van der Waals surface area contributed by atoms with Gasteiger partial charge in [-0.05, 0) is 40.6 Å². The van der Waals surface area contributed by atoms with E-state index in [2.05, 4.69) is 0 Å². The van der Waals surface area contributed by atoms with Gasteiger partial charge >= 0.3 is 0 Å². The summed E-state index contributed by atoms with van der Waals surface area (Å²) in [5, 5.41) is 14.3. The first-order chi connectivity index (χ1) is 8.66. The zero-order valence-corrected chi connectivity index (χ0v) is 10.1. The van der Waals surface area contributed by atoms with Gasteiger partial charge in [-0.2, -0.15) is 11.3 Å². The normalized spacial score (nSPS) is 10.7. The number of nitro groups is 1. The first-order valence-electron chi connectivity index (χ1n) is 5.16. The van der Waals surface area contributed by atoms with Crippen LogP contribution in [0.4, 0.5) is 5.69 Å². The Balaban J connectivity index is 2.12. The molecular weight excluding hydrogens is 250 g/mol. The number of ketones is 1. The highest BCUT2D eigenvalue weighted by Gasteiger charge is 2.06. The fourth-order valence-electron chi connectivity index (χ4n) is 1.39. The summed E-state index contributed by atoms with van der Waals surface area (Å²) in [6.45, 7) is 0. The third-order valence-corrected chi connectivity index (χ3v) is 3.03. The summed E-state index contributed by atoms with van der Waals surface area (Å²) < 4.78 is 0. The highest BCUT2D eigenvalue weighted by atomic mass is 32.1. The van der Waals surface area contributed by atoms with Gasteiger partial charge in [-0.1, -0.05) is 6.08 Å². The molecule has 0 N–H and O–H groups in total. The number of hydrogen-bond donors (Lipinski definition) is 0. The summed E-state index contributed by atoms with van der Waals surface area (Å²) in [7, 11) is 0. The summed E-state index contributed by atoms with van der Waals surface area (Å²) in [6, 6.07) is 7.47. The van der Waals surface area contributed by atoms with E-state index in [0.29, 0.717) is 5.56 Å². The fourth-order valence-corrected chi connectivity index (χ4v) is 2.01. The van der Waals surface area contributed by atoms with Crippen molar-refractivity contribution in [2.45, 2.75) is 0 Å². The molecule has 5 heteroatoms. The number of nitro benzene ring substituents is 1. The van der Waals surface area contributed by atoms with Crippen LogP contribution in [0.1, 0.15) is 15.9 Å². The SMILES string of the molecule is O=C(/C=C\c1ccsc1)c1ccc([N+](=O)[O-])cc1. The van der Waals surface area contributed by atoms with Gasteiger partial charge in [0.25, 0.3) is 5.69 Å². The highest BCUT2D eigenvalue weighted by molar-refractivity contribution is 7.08. The quantitative estimate of drug-likeness (QED) is 0.365. The number of nitrogens with zero attached hydrogens (tertiary/aromatic N) is 1. The maximum absolute atomic E-state index is 11.8. The molecule has 1 heterocycles. The Morgan fingerprint density at radius 3 is 2.50 bits per heavy atom. The number of hydrogen-bond acceptors (Lipinski definition) is 4. The van der Waals surface area contributed by atoms with Gasteiger partial charge in [0, 0.05) is 17.7 Å². The van der Waals surface area contributed by atoms with Gasteiger partial charge in [-0.25, -0.2) is 0 Å². The molecular formula is C13H9NO3S. The minimum Gasteiger partial charge on any atom is -0.289 e. The smallest absolute Gasteiger partial charge is 0.269 e. The predicted octanol–water partition coefficient (Wildman–Crippen LogP) is 3.55. The van der Waals surface area contributed by atoms with Crippen molar-refractivity contribution in [1.82, 2.24) is 0 Å². The van der Waals surface area contributed by atoms with Crippen LogP contribution >= 0.6 is 11.3 Å². The molecule has 2 rings (SSSR count). The molecule has 1 aromatic carbocycles. The van der Waals surface area contributed by atoms with Crippen LogP contribution in [0.2, 0.25) is 0 Å². The number of thiophene rings is 1. The molecule has 0 bridgehead atoms. The number of non-ortho nitro benzene ring substituents is 1. The molecule has 0 radical (unpaired) electrons. The molecule has 1 aromatic heterocycles. The molecule has 0 fully saturated rings. The predicted molar refractivity (Wildman–Crippen MR) is 70.8 cm³/mol. The van der Waals surface area contributed by atoms with Gasteiger partial charge < -0.3 is 0 Å². The lowest BCUT2D eigenvalue weighted by atomic mass is 10.1. The molecule has 4 nitrogen and oxygen atoms in total. The van der Waals surface area contributed by atoms with Gasteiger partial charge in [0.1, 0.15) is 0 Å². The first kappa shape index (κ1) is 12.2. The van der Waals surface area contributed by atoms with E-state index in [1.54, 1.807) is 17.4 Å². The van der Waals surface area contributed by atoms with Crippen LogP contribution in [-0.2, 0) is 0 Å². The lowest BCUT2D eigenvalue weighted by Crippen LogP contribution is -1.95. The van der Waals surface area contributed by atoms with E-state index in [-0.39, 0.29) is 11.5 Å². The average molecular weight is 259 g/mol. The first-order valence-corrected chi connectivity index (χ1v) is 6.10.